The Morgan fingerprint density at radius 2 is 1.35 bits per heavy atom. The van der Waals surface area contributed by atoms with Gasteiger partial charge in [0.2, 0.25) is 0 Å². The molecule has 0 fully saturated rings. The molecule has 4 heterocycles. The number of H-pyrrole nitrogens is 1. The zero-order valence-electron chi connectivity index (χ0n) is 20.4. The highest BCUT2D eigenvalue weighted by atomic mass is 79.9. The second-order valence-corrected chi connectivity index (χ2v) is 10.2. The number of benzene rings is 1. The fourth-order valence-electron chi connectivity index (χ4n) is 4.17. The molecule has 6 heteroatoms. The van der Waals surface area contributed by atoms with Crippen molar-refractivity contribution in [2.75, 3.05) is 0 Å². The molecule has 37 heavy (non-hydrogen) atoms. The first-order valence-corrected chi connectivity index (χ1v) is 13.4. The van der Waals surface area contributed by atoms with Crippen LogP contribution in [-0.2, 0) is 0 Å². The van der Waals surface area contributed by atoms with Crippen molar-refractivity contribution in [2.24, 2.45) is 4.99 Å². The maximum absolute atomic E-state index is 5.10. The zero-order valence-corrected chi connectivity index (χ0v) is 23.6. The van der Waals surface area contributed by atoms with Crippen molar-refractivity contribution in [1.82, 2.24) is 15.0 Å². The molecule has 4 nitrogen and oxygen atoms in total. The fraction of sp³-hybridized carbons (Fsp3) is 0.0645. The van der Waals surface area contributed by atoms with Crippen molar-refractivity contribution in [3.05, 3.63) is 139 Å². The third-order valence-electron chi connectivity index (χ3n) is 6.18. The molecule has 0 spiro atoms. The summed E-state index contributed by atoms with van der Waals surface area (Å²) in [6.07, 6.45) is 15.4. The normalized spacial score (nSPS) is 15.2. The van der Waals surface area contributed by atoms with Crippen LogP contribution in [0.25, 0.3) is 23.8 Å². The number of allylic oxidation sites excluding steroid dienone is 3. The molecule has 182 valence electrons. The number of halogens is 2. The highest BCUT2D eigenvalue weighted by Crippen LogP contribution is 2.41. The van der Waals surface area contributed by atoms with E-state index in [9.17, 15) is 0 Å². The summed E-state index contributed by atoms with van der Waals surface area (Å²) in [4.78, 5) is 17.0. The summed E-state index contributed by atoms with van der Waals surface area (Å²) >= 11 is 7.62. The first-order valence-electron chi connectivity index (χ1n) is 11.8. The third-order valence-corrected chi connectivity index (χ3v) is 8.20. The van der Waals surface area contributed by atoms with Crippen LogP contribution in [0.15, 0.2) is 111 Å². The first-order chi connectivity index (χ1) is 18.0. The van der Waals surface area contributed by atoms with Crippen LogP contribution in [0.4, 0.5) is 0 Å². The summed E-state index contributed by atoms with van der Waals surface area (Å²) in [7, 11) is 0. The molecule has 1 aliphatic heterocycles. The van der Waals surface area contributed by atoms with Gasteiger partial charge < -0.3 is 4.98 Å². The fourth-order valence-corrected chi connectivity index (χ4v) is 5.01. The molecule has 1 N–H and O–H groups in total. The minimum Gasteiger partial charge on any atom is -0.354 e. The SMILES string of the molecule is CC1=C(Br)C(/C=C/c2ccncc2)=NC/1=C(/c1ccccc1)c1[nH]c(/C=C/c2ccncc2)c(Br)c1C. The van der Waals surface area contributed by atoms with Gasteiger partial charge in [-0.2, -0.15) is 0 Å². The van der Waals surface area contributed by atoms with Crippen LogP contribution in [0.3, 0.4) is 0 Å². The van der Waals surface area contributed by atoms with E-state index in [0.29, 0.717) is 0 Å². The molecule has 0 saturated carbocycles. The lowest BCUT2D eigenvalue weighted by atomic mass is 9.96. The Bertz CT molecular complexity index is 1580. The maximum Gasteiger partial charge on any atom is 0.0783 e. The molecule has 0 atom stereocenters. The van der Waals surface area contributed by atoms with E-state index in [1.807, 2.05) is 36.4 Å². The van der Waals surface area contributed by atoms with Crippen molar-refractivity contribution in [1.29, 1.82) is 0 Å². The molecule has 1 aromatic carbocycles. The van der Waals surface area contributed by atoms with Gasteiger partial charge in [-0.05, 0) is 110 Å². The topological polar surface area (TPSA) is 53.9 Å². The Labute approximate surface area is 233 Å². The number of aromatic nitrogens is 3. The van der Waals surface area contributed by atoms with Gasteiger partial charge in [0, 0.05) is 39.3 Å². The van der Waals surface area contributed by atoms with Crippen molar-refractivity contribution in [2.45, 2.75) is 13.8 Å². The highest BCUT2D eigenvalue weighted by molar-refractivity contribution is 9.12. The van der Waals surface area contributed by atoms with Gasteiger partial charge >= 0.3 is 0 Å². The largest absolute Gasteiger partial charge is 0.354 e. The molecule has 0 amide bonds. The number of aromatic amines is 1. The van der Waals surface area contributed by atoms with Gasteiger partial charge in [-0.3, -0.25) is 9.97 Å². The number of nitrogens with one attached hydrogen (secondary N) is 1. The summed E-state index contributed by atoms with van der Waals surface area (Å²) in [5.41, 5.74) is 10.4. The lowest BCUT2D eigenvalue weighted by Gasteiger charge is -2.12. The summed E-state index contributed by atoms with van der Waals surface area (Å²) < 4.78 is 2.02. The molecule has 0 aliphatic carbocycles. The van der Waals surface area contributed by atoms with Gasteiger partial charge in [0.15, 0.2) is 0 Å². The van der Waals surface area contributed by atoms with Gasteiger partial charge in [-0.1, -0.05) is 42.5 Å². The predicted octanol–water partition coefficient (Wildman–Crippen LogP) is 8.64. The van der Waals surface area contributed by atoms with E-state index < -0.39 is 0 Å². The summed E-state index contributed by atoms with van der Waals surface area (Å²) in [5.74, 6) is 0. The van der Waals surface area contributed by atoms with Crippen LogP contribution in [0.1, 0.15) is 40.6 Å². The van der Waals surface area contributed by atoms with E-state index in [4.69, 9.17) is 4.99 Å². The zero-order chi connectivity index (χ0) is 25.8. The van der Waals surface area contributed by atoms with Crippen LogP contribution in [0.5, 0.6) is 0 Å². The van der Waals surface area contributed by atoms with Crippen LogP contribution >= 0.6 is 31.9 Å². The van der Waals surface area contributed by atoms with Crippen molar-refractivity contribution in [3.63, 3.8) is 0 Å². The number of hydrogen-bond donors (Lipinski definition) is 1. The lowest BCUT2D eigenvalue weighted by molar-refractivity contribution is 1.25. The number of aliphatic imine (C=N–C) groups is 1. The van der Waals surface area contributed by atoms with Gasteiger partial charge in [0.25, 0.3) is 0 Å². The number of rotatable bonds is 6. The quantitative estimate of drug-likeness (QED) is 0.237. The minimum atomic E-state index is 0.888. The molecule has 0 unspecified atom stereocenters. The van der Waals surface area contributed by atoms with E-state index in [1.54, 1.807) is 24.8 Å². The van der Waals surface area contributed by atoms with Crippen LogP contribution in [0.2, 0.25) is 0 Å². The number of hydrogen-bond acceptors (Lipinski definition) is 3. The Kier molecular flexibility index (Phi) is 7.58. The third kappa shape index (κ3) is 5.41. The number of nitrogens with zero attached hydrogens (tertiary/aromatic N) is 3. The molecule has 5 rings (SSSR count). The van der Waals surface area contributed by atoms with E-state index >= 15 is 0 Å². The maximum atomic E-state index is 5.10. The molecule has 0 bridgehead atoms. The minimum absolute atomic E-state index is 0.888. The summed E-state index contributed by atoms with van der Waals surface area (Å²) in [5, 5.41) is 0. The lowest BCUT2D eigenvalue weighted by Crippen LogP contribution is -1.96. The van der Waals surface area contributed by atoms with Crippen molar-refractivity contribution < 1.29 is 0 Å². The smallest absolute Gasteiger partial charge is 0.0783 e. The Hall–Kier alpha value is -3.61. The molecule has 0 radical (unpaired) electrons. The number of pyridine rings is 2. The molecule has 3 aromatic heterocycles. The Morgan fingerprint density at radius 3 is 1.97 bits per heavy atom. The van der Waals surface area contributed by atoms with E-state index in [1.165, 1.54) is 0 Å². The first kappa shape index (κ1) is 25.1. The monoisotopic (exact) mass is 610 g/mol. The van der Waals surface area contributed by atoms with E-state index in [-0.39, 0.29) is 0 Å². The van der Waals surface area contributed by atoms with Gasteiger partial charge in [-0.25, -0.2) is 4.99 Å². The van der Waals surface area contributed by atoms with Crippen molar-refractivity contribution in [3.8, 4) is 0 Å². The second-order valence-electron chi connectivity index (χ2n) is 8.61. The molecule has 0 saturated heterocycles. The van der Waals surface area contributed by atoms with Crippen molar-refractivity contribution >= 4 is 61.4 Å². The standard InChI is InChI=1S/C31H24Br2N4/c1-20-28(32)25(10-8-22-12-16-34-17-13-22)36-30(20)27(24-6-4-3-5-7-24)31-21(2)29(33)26(37-31)11-9-23-14-18-35-19-15-23/h3-19,36H,1-2H3/b10-8+,11-9+,31-27-. The van der Waals surface area contributed by atoms with Gasteiger partial charge in [0.1, 0.15) is 0 Å². The summed E-state index contributed by atoms with van der Waals surface area (Å²) in [6.45, 7) is 4.23. The Morgan fingerprint density at radius 1 is 0.757 bits per heavy atom. The van der Waals surface area contributed by atoms with Crippen LogP contribution in [-0.4, -0.2) is 20.7 Å². The van der Waals surface area contributed by atoms with E-state index in [2.05, 4.69) is 103 Å². The van der Waals surface area contributed by atoms with Crippen LogP contribution < -0.4 is 0 Å². The molecule has 4 aromatic rings. The molecule has 1 aliphatic rings. The second kappa shape index (κ2) is 11.2. The summed E-state index contributed by atoms with van der Waals surface area (Å²) in [6, 6.07) is 18.3. The van der Waals surface area contributed by atoms with Gasteiger partial charge in [0.05, 0.1) is 22.8 Å². The molecular weight excluding hydrogens is 588 g/mol. The average molecular weight is 612 g/mol. The predicted molar refractivity (Wildman–Crippen MR) is 161 cm³/mol. The highest BCUT2D eigenvalue weighted by Gasteiger charge is 2.25. The van der Waals surface area contributed by atoms with E-state index in [0.717, 1.165) is 65.2 Å². The Balaban J connectivity index is 1.63. The van der Waals surface area contributed by atoms with Gasteiger partial charge in [-0.15, -0.1) is 0 Å². The molecular formula is C31H24Br2N4. The average Bonchev–Trinajstić information content (AvgIpc) is 3.38. The van der Waals surface area contributed by atoms with Crippen LogP contribution in [0, 0.1) is 6.92 Å².